The topological polar surface area (TPSA) is 9.23 Å². The van der Waals surface area contributed by atoms with Crippen LogP contribution < -0.4 is 4.74 Å². The molecular formula is C28H42F2O. The van der Waals surface area contributed by atoms with Crippen LogP contribution in [0.25, 0.3) is 0 Å². The van der Waals surface area contributed by atoms with Crippen molar-refractivity contribution in [2.45, 2.75) is 103 Å². The highest BCUT2D eigenvalue weighted by Gasteiger charge is 2.39. The zero-order valence-electron chi connectivity index (χ0n) is 19.7. The third-order valence-electron chi connectivity index (χ3n) is 8.97. The van der Waals surface area contributed by atoms with Gasteiger partial charge in [0.2, 0.25) is 0 Å². The minimum absolute atomic E-state index is 0.208. The molecule has 3 heteroatoms. The molecule has 0 radical (unpaired) electrons. The summed E-state index contributed by atoms with van der Waals surface area (Å²) in [6.07, 6.45) is 19.5. The molecule has 1 nitrogen and oxygen atoms in total. The lowest BCUT2D eigenvalue weighted by atomic mass is 9.61. The third kappa shape index (κ3) is 5.28. The summed E-state index contributed by atoms with van der Waals surface area (Å²) in [4.78, 5) is 0. The zero-order chi connectivity index (χ0) is 21.8. The van der Waals surface area contributed by atoms with E-state index >= 15 is 0 Å². The van der Waals surface area contributed by atoms with E-state index in [1.165, 1.54) is 84.2 Å². The van der Waals surface area contributed by atoms with Crippen molar-refractivity contribution in [3.63, 3.8) is 0 Å². The molecule has 0 spiro atoms. The number of ether oxygens (including phenoxy) is 1. The first kappa shape index (κ1) is 23.1. The quantitative estimate of drug-likeness (QED) is 0.376. The predicted molar refractivity (Wildman–Crippen MR) is 123 cm³/mol. The Bertz CT molecular complexity index is 730. The summed E-state index contributed by atoms with van der Waals surface area (Å²) in [5.41, 5.74) is 1.59. The van der Waals surface area contributed by atoms with E-state index in [0.717, 1.165) is 48.5 Å². The van der Waals surface area contributed by atoms with E-state index in [2.05, 4.69) is 6.92 Å². The summed E-state index contributed by atoms with van der Waals surface area (Å²) in [7, 11) is 1.35. The van der Waals surface area contributed by atoms with Crippen molar-refractivity contribution in [2.75, 3.05) is 7.11 Å². The summed E-state index contributed by atoms with van der Waals surface area (Å²) in [6.45, 7) is 2.29. The number of hydrogen-bond acceptors (Lipinski definition) is 1. The van der Waals surface area contributed by atoms with E-state index in [1.807, 2.05) is 0 Å². The number of fused-ring (bicyclic) bond motifs is 2. The average Bonchev–Trinajstić information content (AvgIpc) is 2.78. The first-order valence-corrected chi connectivity index (χ1v) is 13.1. The maximum atomic E-state index is 14.6. The molecule has 0 aliphatic heterocycles. The fourth-order valence-electron chi connectivity index (χ4n) is 7.19. The minimum atomic E-state index is -0.545. The lowest BCUT2D eigenvalue weighted by Crippen LogP contribution is -2.35. The van der Waals surface area contributed by atoms with Gasteiger partial charge in [0.05, 0.1) is 7.11 Å². The fraction of sp³-hybridized carbons (Fsp3) is 0.786. The van der Waals surface area contributed by atoms with Gasteiger partial charge in [-0.25, -0.2) is 8.78 Å². The van der Waals surface area contributed by atoms with Crippen LogP contribution in [-0.2, 0) is 12.8 Å². The molecule has 0 heterocycles. The second kappa shape index (κ2) is 10.7. The summed E-state index contributed by atoms with van der Waals surface area (Å²) >= 11 is 0. The van der Waals surface area contributed by atoms with Gasteiger partial charge in [0.25, 0.3) is 0 Å². The van der Waals surface area contributed by atoms with Gasteiger partial charge in [-0.2, -0.15) is 0 Å². The van der Waals surface area contributed by atoms with Crippen molar-refractivity contribution in [1.29, 1.82) is 0 Å². The lowest BCUT2D eigenvalue weighted by Gasteiger charge is -2.45. The van der Waals surface area contributed by atoms with Crippen LogP contribution in [0.4, 0.5) is 8.78 Å². The van der Waals surface area contributed by atoms with Crippen molar-refractivity contribution >= 4 is 0 Å². The van der Waals surface area contributed by atoms with Crippen molar-refractivity contribution in [3.05, 3.63) is 28.8 Å². The normalized spacial score (nSPS) is 30.5. The van der Waals surface area contributed by atoms with Crippen LogP contribution in [-0.4, -0.2) is 7.11 Å². The van der Waals surface area contributed by atoms with Gasteiger partial charge in [-0.1, -0.05) is 51.9 Å². The number of hydrogen-bond donors (Lipinski definition) is 0. The van der Waals surface area contributed by atoms with E-state index in [4.69, 9.17) is 4.74 Å². The molecule has 0 saturated heterocycles. The molecule has 4 rings (SSSR count). The summed E-state index contributed by atoms with van der Waals surface area (Å²) < 4.78 is 33.8. The monoisotopic (exact) mass is 432 g/mol. The van der Waals surface area contributed by atoms with Gasteiger partial charge >= 0.3 is 0 Å². The van der Waals surface area contributed by atoms with E-state index in [0.29, 0.717) is 11.5 Å². The second-order valence-electron chi connectivity index (χ2n) is 10.8. The predicted octanol–water partition coefficient (Wildman–Crippen LogP) is 8.27. The first-order valence-electron chi connectivity index (χ1n) is 13.1. The molecule has 5 unspecified atom stereocenters. The van der Waals surface area contributed by atoms with Gasteiger partial charge in [-0.3, -0.25) is 0 Å². The minimum Gasteiger partial charge on any atom is -0.491 e. The van der Waals surface area contributed by atoms with Gasteiger partial charge < -0.3 is 4.74 Å². The Morgan fingerprint density at radius 1 is 0.871 bits per heavy atom. The van der Waals surface area contributed by atoms with Crippen LogP contribution in [0.5, 0.6) is 5.75 Å². The molecule has 1 aromatic carbocycles. The standard InChI is InChI=1S/C28H42F2O/c1-3-4-5-6-7-8-19-9-10-21-16-22(12-11-20(21)15-19)23-13-14-25-24(17-23)18-26(29)28(31-2)27(25)30/h18-23H,3-17H2,1-2H3. The smallest absolute Gasteiger partial charge is 0.190 e. The fourth-order valence-corrected chi connectivity index (χ4v) is 7.19. The van der Waals surface area contributed by atoms with Gasteiger partial charge in [0, 0.05) is 0 Å². The van der Waals surface area contributed by atoms with E-state index in [9.17, 15) is 8.78 Å². The van der Waals surface area contributed by atoms with E-state index in [1.54, 1.807) is 6.07 Å². The first-order chi connectivity index (χ1) is 15.1. The van der Waals surface area contributed by atoms with Crippen molar-refractivity contribution in [2.24, 2.45) is 29.6 Å². The highest BCUT2D eigenvalue weighted by atomic mass is 19.1. The lowest BCUT2D eigenvalue weighted by molar-refractivity contribution is 0.0688. The van der Waals surface area contributed by atoms with Crippen molar-refractivity contribution in [3.8, 4) is 5.75 Å². The molecule has 0 aromatic heterocycles. The van der Waals surface area contributed by atoms with Gasteiger partial charge in [-0.15, -0.1) is 0 Å². The molecule has 2 fully saturated rings. The number of unbranched alkanes of at least 4 members (excludes halogenated alkanes) is 4. The van der Waals surface area contributed by atoms with Crippen LogP contribution in [0.2, 0.25) is 0 Å². The van der Waals surface area contributed by atoms with Crippen molar-refractivity contribution in [1.82, 2.24) is 0 Å². The average molecular weight is 433 g/mol. The molecule has 1 aromatic rings. The molecule has 31 heavy (non-hydrogen) atoms. The summed E-state index contributed by atoms with van der Waals surface area (Å²) in [5, 5.41) is 0. The van der Waals surface area contributed by atoms with Gasteiger partial charge in [0.15, 0.2) is 17.4 Å². The Balaban J connectivity index is 1.29. The zero-order valence-corrected chi connectivity index (χ0v) is 19.7. The van der Waals surface area contributed by atoms with Crippen LogP contribution in [0.15, 0.2) is 6.07 Å². The number of rotatable bonds is 8. The SMILES string of the molecule is CCCCCCCC1CCC2CC(C3CCc4c(cc(F)c(OC)c4F)C3)CCC2C1. The number of halogens is 2. The number of methoxy groups -OCH3 is 1. The molecule has 0 amide bonds. The maximum absolute atomic E-state index is 14.6. The molecule has 0 N–H and O–H groups in total. The Morgan fingerprint density at radius 2 is 1.58 bits per heavy atom. The molecule has 5 atom stereocenters. The second-order valence-corrected chi connectivity index (χ2v) is 10.8. The summed E-state index contributed by atoms with van der Waals surface area (Å²) in [6, 6.07) is 1.54. The van der Waals surface area contributed by atoms with Crippen molar-refractivity contribution < 1.29 is 13.5 Å². The Labute approximate surface area is 188 Å². The molecule has 2 saturated carbocycles. The molecule has 3 aliphatic rings. The number of benzene rings is 1. The van der Waals surface area contributed by atoms with Gasteiger partial charge in [-0.05, 0) is 98.1 Å². The van der Waals surface area contributed by atoms with Crippen LogP contribution in [0.1, 0.15) is 102 Å². The Morgan fingerprint density at radius 3 is 2.35 bits per heavy atom. The maximum Gasteiger partial charge on any atom is 0.190 e. The van der Waals surface area contributed by atoms with Crippen LogP contribution in [0, 0.1) is 41.2 Å². The molecular weight excluding hydrogens is 390 g/mol. The van der Waals surface area contributed by atoms with Crippen LogP contribution in [0.3, 0.4) is 0 Å². The highest BCUT2D eigenvalue weighted by Crippen LogP contribution is 2.49. The summed E-state index contributed by atoms with van der Waals surface area (Å²) in [5.74, 6) is 2.94. The Kier molecular flexibility index (Phi) is 7.93. The van der Waals surface area contributed by atoms with Gasteiger partial charge in [0.1, 0.15) is 0 Å². The molecule has 174 valence electrons. The van der Waals surface area contributed by atoms with E-state index in [-0.39, 0.29) is 5.75 Å². The third-order valence-corrected chi connectivity index (χ3v) is 8.97. The highest BCUT2D eigenvalue weighted by molar-refractivity contribution is 5.40. The molecule has 3 aliphatic carbocycles. The molecule has 0 bridgehead atoms. The largest absolute Gasteiger partial charge is 0.491 e. The Hall–Kier alpha value is -1.12. The van der Waals surface area contributed by atoms with E-state index < -0.39 is 11.6 Å². The van der Waals surface area contributed by atoms with Crippen LogP contribution >= 0.6 is 0 Å².